The van der Waals surface area contributed by atoms with Crippen molar-refractivity contribution >= 4 is 0 Å². The van der Waals surface area contributed by atoms with Gasteiger partial charge in [-0.3, -0.25) is 10.9 Å². The van der Waals surface area contributed by atoms with Crippen LogP contribution in [-0.4, -0.2) is 38.6 Å². The van der Waals surface area contributed by atoms with Crippen molar-refractivity contribution in [1.29, 1.82) is 0 Å². The average Bonchev–Trinajstić information content (AvgIpc) is 1.87. The van der Waals surface area contributed by atoms with Crippen molar-refractivity contribution in [2.75, 3.05) is 33.7 Å². The zero-order chi connectivity index (χ0) is 7.82. The van der Waals surface area contributed by atoms with Crippen LogP contribution in [0.3, 0.4) is 0 Å². The lowest BCUT2D eigenvalue weighted by atomic mass is 10.5. The van der Waals surface area contributed by atoms with Crippen LogP contribution < -0.4 is 10.9 Å². The monoisotopic (exact) mass is 145 g/mol. The molecule has 0 aliphatic rings. The second kappa shape index (κ2) is 6.99. The van der Waals surface area contributed by atoms with Gasteiger partial charge in [-0.1, -0.05) is 6.92 Å². The van der Waals surface area contributed by atoms with Gasteiger partial charge in [-0.15, -0.1) is 0 Å². The first-order chi connectivity index (χ1) is 4.77. The molecule has 3 heteroatoms. The number of likely N-dealkylation sites (N-methyl/N-ethyl adjacent to an activating group) is 1. The fourth-order valence-electron chi connectivity index (χ4n) is 0.581. The van der Waals surface area contributed by atoms with Gasteiger partial charge in [0.1, 0.15) is 0 Å². The van der Waals surface area contributed by atoms with Crippen molar-refractivity contribution in [2.24, 2.45) is 0 Å². The third-order valence-corrected chi connectivity index (χ3v) is 1.18. The maximum absolute atomic E-state index is 3.13. The highest BCUT2D eigenvalue weighted by Crippen LogP contribution is 1.69. The van der Waals surface area contributed by atoms with Crippen LogP contribution in [0.15, 0.2) is 0 Å². The van der Waals surface area contributed by atoms with Crippen LogP contribution in [0.2, 0.25) is 0 Å². The molecule has 62 valence electrons. The summed E-state index contributed by atoms with van der Waals surface area (Å²) in [6, 6.07) is 0. The van der Waals surface area contributed by atoms with Gasteiger partial charge in [0.25, 0.3) is 0 Å². The first-order valence-corrected chi connectivity index (χ1v) is 3.87. The number of hydrazine groups is 1. The topological polar surface area (TPSA) is 27.3 Å². The minimum absolute atomic E-state index is 1.01. The van der Waals surface area contributed by atoms with Crippen LogP contribution in [0.4, 0.5) is 0 Å². The Labute approximate surface area is 63.8 Å². The summed E-state index contributed by atoms with van der Waals surface area (Å²) < 4.78 is 0. The molecule has 0 aromatic rings. The van der Waals surface area contributed by atoms with E-state index in [4.69, 9.17) is 0 Å². The Morgan fingerprint density at radius 3 is 2.20 bits per heavy atom. The number of rotatable bonds is 6. The van der Waals surface area contributed by atoms with Crippen molar-refractivity contribution in [3.8, 4) is 0 Å². The zero-order valence-corrected chi connectivity index (χ0v) is 7.28. The molecule has 0 fully saturated rings. The highest BCUT2D eigenvalue weighted by molar-refractivity contribution is 4.45. The largest absolute Gasteiger partial charge is 0.308 e. The molecule has 0 saturated carbocycles. The summed E-state index contributed by atoms with van der Waals surface area (Å²) >= 11 is 0. The third kappa shape index (κ3) is 7.88. The van der Waals surface area contributed by atoms with Crippen LogP contribution in [0.1, 0.15) is 13.3 Å². The van der Waals surface area contributed by atoms with E-state index >= 15 is 0 Å². The molecule has 0 spiro atoms. The molecule has 2 N–H and O–H groups in total. The lowest BCUT2D eigenvalue weighted by Crippen LogP contribution is -2.37. The van der Waals surface area contributed by atoms with E-state index in [0.29, 0.717) is 0 Å². The van der Waals surface area contributed by atoms with E-state index in [2.05, 4.69) is 36.8 Å². The zero-order valence-electron chi connectivity index (χ0n) is 7.28. The third-order valence-electron chi connectivity index (χ3n) is 1.18. The molecule has 0 aliphatic carbocycles. The van der Waals surface area contributed by atoms with Gasteiger partial charge in [0.2, 0.25) is 0 Å². The Balaban J connectivity index is 2.77. The van der Waals surface area contributed by atoms with E-state index < -0.39 is 0 Å². The van der Waals surface area contributed by atoms with Crippen molar-refractivity contribution in [2.45, 2.75) is 13.3 Å². The summed E-state index contributed by atoms with van der Waals surface area (Å²) in [7, 11) is 4.14. The molecular formula is C7H19N3. The lowest BCUT2D eigenvalue weighted by Gasteiger charge is -2.10. The fourth-order valence-corrected chi connectivity index (χ4v) is 0.581. The highest BCUT2D eigenvalue weighted by Gasteiger charge is 1.86. The first kappa shape index (κ1) is 9.88. The highest BCUT2D eigenvalue weighted by atomic mass is 15.4. The van der Waals surface area contributed by atoms with Crippen LogP contribution in [0, 0.1) is 0 Å². The summed E-state index contributed by atoms with van der Waals surface area (Å²) in [5, 5.41) is 0. The summed E-state index contributed by atoms with van der Waals surface area (Å²) in [4.78, 5) is 2.15. The number of nitrogens with zero attached hydrogens (tertiary/aromatic N) is 1. The Kier molecular flexibility index (Phi) is 6.91. The predicted octanol–water partition coefficient (Wildman–Crippen LogP) is 0.0522. The molecule has 0 amide bonds. The van der Waals surface area contributed by atoms with Gasteiger partial charge in [-0.2, -0.15) is 0 Å². The maximum atomic E-state index is 3.13. The molecule has 0 aliphatic heterocycles. The molecule has 0 atom stereocenters. The van der Waals surface area contributed by atoms with E-state index in [-0.39, 0.29) is 0 Å². The van der Waals surface area contributed by atoms with E-state index in [1.165, 1.54) is 6.42 Å². The molecule has 0 bridgehead atoms. The number of hydrogen-bond donors (Lipinski definition) is 2. The minimum Gasteiger partial charge on any atom is -0.308 e. The van der Waals surface area contributed by atoms with Crippen molar-refractivity contribution in [3.63, 3.8) is 0 Å². The number of hydrogen-bond acceptors (Lipinski definition) is 3. The summed E-state index contributed by atoms with van der Waals surface area (Å²) in [6.07, 6.45) is 1.18. The molecule has 0 saturated heterocycles. The second-order valence-electron chi connectivity index (χ2n) is 2.66. The number of nitrogens with one attached hydrogen (secondary N) is 2. The van der Waals surface area contributed by atoms with Crippen LogP contribution >= 0.6 is 0 Å². The SMILES string of the molecule is CCCNNCCN(C)C. The quantitative estimate of drug-likeness (QED) is 0.408. The first-order valence-electron chi connectivity index (χ1n) is 3.87. The van der Waals surface area contributed by atoms with Gasteiger partial charge in [0.05, 0.1) is 0 Å². The molecule has 0 rings (SSSR count). The summed E-state index contributed by atoms with van der Waals surface area (Å²) in [5.74, 6) is 0. The standard InChI is InChI=1S/C7H19N3/c1-4-5-8-9-6-7-10(2)3/h8-9H,4-7H2,1-3H3. The molecule has 0 aromatic heterocycles. The maximum Gasteiger partial charge on any atom is 0.0227 e. The Hall–Kier alpha value is -0.120. The molecule has 10 heavy (non-hydrogen) atoms. The van der Waals surface area contributed by atoms with Gasteiger partial charge in [0.15, 0.2) is 0 Å². The van der Waals surface area contributed by atoms with Crippen LogP contribution in [-0.2, 0) is 0 Å². The average molecular weight is 145 g/mol. The molecule has 0 heterocycles. The Bertz CT molecular complexity index is 63.9. The molecule has 3 nitrogen and oxygen atoms in total. The van der Waals surface area contributed by atoms with Crippen LogP contribution in [0.25, 0.3) is 0 Å². The summed E-state index contributed by atoms with van der Waals surface area (Å²) in [5.41, 5.74) is 6.24. The normalized spacial score (nSPS) is 10.8. The minimum atomic E-state index is 1.01. The molecule has 0 radical (unpaired) electrons. The van der Waals surface area contributed by atoms with Gasteiger partial charge < -0.3 is 4.90 Å². The van der Waals surface area contributed by atoms with Crippen molar-refractivity contribution in [1.82, 2.24) is 15.8 Å². The van der Waals surface area contributed by atoms with E-state index in [9.17, 15) is 0 Å². The fraction of sp³-hybridized carbons (Fsp3) is 1.00. The smallest absolute Gasteiger partial charge is 0.0227 e. The Morgan fingerprint density at radius 2 is 1.70 bits per heavy atom. The molecular weight excluding hydrogens is 126 g/mol. The molecule has 0 aromatic carbocycles. The van der Waals surface area contributed by atoms with E-state index in [0.717, 1.165) is 19.6 Å². The Morgan fingerprint density at radius 1 is 1.10 bits per heavy atom. The lowest BCUT2D eigenvalue weighted by molar-refractivity contribution is 0.382. The van der Waals surface area contributed by atoms with Gasteiger partial charge >= 0.3 is 0 Å². The van der Waals surface area contributed by atoms with Gasteiger partial charge in [-0.05, 0) is 20.5 Å². The summed E-state index contributed by atoms with van der Waals surface area (Å²) in [6.45, 7) is 5.29. The predicted molar refractivity (Wildman–Crippen MR) is 44.9 cm³/mol. The van der Waals surface area contributed by atoms with E-state index in [1.807, 2.05) is 0 Å². The van der Waals surface area contributed by atoms with Crippen molar-refractivity contribution in [3.05, 3.63) is 0 Å². The van der Waals surface area contributed by atoms with E-state index in [1.54, 1.807) is 0 Å². The second-order valence-corrected chi connectivity index (χ2v) is 2.66. The molecule has 0 unspecified atom stereocenters. The van der Waals surface area contributed by atoms with Gasteiger partial charge in [-0.25, -0.2) is 0 Å². The van der Waals surface area contributed by atoms with Crippen LogP contribution in [0.5, 0.6) is 0 Å². The van der Waals surface area contributed by atoms with Gasteiger partial charge in [0, 0.05) is 19.6 Å². The van der Waals surface area contributed by atoms with Crippen molar-refractivity contribution < 1.29 is 0 Å².